The van der Waals surface area contributed by atoms with Gasteiger partial charge in [0, 0.05) is 13.0 Å². The molecule has 0 radical (unpaired) electrons. The quantitative estimate of drug-likeness (QED) is 0.430. The van der Waals surface area contributed by atoms with Crippen molar-refractivity contribution in [2.24, 2.45) is 0 Å². The van der Waals surface area contributed by atoms with Crippen molar-refractivity contribution in [1.29, 1.82) is 0 Å². The van der Waals surface area contributed by atoms with Crippen LogP contribution in [0.15, 0.2) is 0 Å². The summed E-state index contributed by atoms with van der Waals surface area (Å²) in [5.41, 5.74) is 0. The van der Waals surface area contributed by atoms with Crippen molar-refractivity contribution in [3.8, 4) is 0 Å². The number of hydrogen-bond donors (Lipinski definition) is 1. The van der Waals surface area contributed by atoms with Crippen molar-refractivity contribution in [3.63, 3.8) is 0 Å². The van der Waals surface area contributed by atoms with Gasteiger partial charge in [0.15, 0.2) is 0 Å². The van der Waals surface area contributed by atoms with Gasteiger partial charge in [-0.1, -0.05) is 19.8 Å². The molecule has 0 unspecified atom stereocenters. The van der Waals surface area contributed by atoms with Crippen LogP contribution in [-0.2, 0) is 4.79 Å². The first-order chi connectivity index (χ1) is 4.91. The van der Waals surface area contributed by atoms with E-state index in [4.69, 9.17) is 0 Å². The van der Waals surface area contributed by atoms with E-state index in [-0.39, 0.29) is 0 Å². The normalized spacial score (nSPS) is 9.70. The Morgan fingerprint density at radius 2 is 2.10 bits per heavy atom. The minimum Gasteiger partial charge on any atom is -0.316 e. The SMILES string of the molecule is CCCCCNCCC=O. The predicted molar refractivity (Wildman–Crippen MR) is 43.1 cm³/mol. The standard InChI is InChI=1S/C8H17NO/c1-2-3-4-6-9-7-5-8-10/h8-9H,2-7H2,1H3. The highest BCUT2D eigenvalue weighted by molar-refractivity contribution is 5.49. The monoisotopic (exact) mass is 143 g/mol. The van der Waals surface area contributed by atoms with E-state index in [1.807, 2.05) is 0 Å². The molecule has 60 valence electrons. The van der Waals surface area contributed by atoms with Crippen molar-refractivity contribution in [1.82, 2.24) is 5.32 Å². The summed E-state index contributed by atoms with van der Waals surface area (Å²) < 4.78 is 0. The highest BCUT2D eigenvalue weighted by Gasteiger charge is 1.85. The third-order valence-corrected chi connectivity index (χ3v) is 1.40. The number of nitrogens with one attached hydrogen (secondary N) is 1. The molecular formula is C8H17NO. The van der Waals surface area contributed by atoms with Crippen molar-refractivity contribution >= 4 is 6.29 Å². The minimum absolute atomic E-state index is 0.645. The molecule has 0 fully saturated rings. The molecule has 0 aromatic heterocycles. The molecule has 0 aromatic carbocycles. The Balaban J connectivity index is 2.70. The van der Waals surface area contributed by atoms with Gasteiger partial charge in [-0.15, -0.1) is 0 Å². The molecule has 2 nitrogen and oxygen atoms in total. The molecule has 0 amide bonds. The van der Waals surface area contributed by atoms with Crippen molar-refractivity contribution in [2.75, 3.05) is 13.1 Å². The van der Waals surface area contributed by atoms with Crippen LogP contribution in [0.3, 0.4) is 0 Å². The average molecular weight is 143 g/mol. The summed E-state index contributed by atoms with van der Waals surface area (Å²) in [6, 6.07) is 0. The summed E-state index contributed by atoms with van der Waals surface area (Å²) in [5.74, 6) is 0. The van der Waals surface area contributed by atoms with E-state index in [9.17, 15) is 4.79 Å². The summed E-state index contributed by atoms with van der Waals surface area (Å²) in [7, 11) is 0. The lowest BCUT2D eigenvalue weighted by Gasteiger charge is -1.99. The summed E-state index contributed by atoms with van der Waals surface area (Å²) >= 11 is 0. The zero-order chi connectivity index (χ0) is 7.66. The van der Waals surface area contributed by atoms with Crippen molar-refractivity contribution < 1.29 is 4.79 Å². The van der Waals surface area contributed by atoms with Gasteiger partial charge in [-0.05, 0) is 13.0 Å². The Labute approximate surface area is 63.0 Å². The second kappa shape index (κ2) is 8.63. The van der Waals surface area contributed by atoms with Gasteiger partial charge in [-0.2, -0.15) is 0 Å². The summed E-state index contributed by atoms with van der Waals surface area (Å²) in [4.78, 5) is 9.85. The molecule has 0 aromatic rings. The Morgan fingerprint density at radius 1 is 1.30 bits per heavy atom. The molecule has 0 spiro atoms. The predicted octanol–water partition coefficient (Wildman–Crippen LogP) is 1.36. The zero-order valence-corrected chi connectivity index (χ0v) is 6.73. The van der Waals surface area contributed by atoms with Crippen LogP contribution < -0.4 is 5.32 Å². The van der Waals surface area contributed by atoms with E-state index in [2.05, 4.69) is 12.2 Å². The molecule has 0 aliphatic carbocycles. The maximum atomic E-state index is 9.85. The topological polar surface area (TPSA) is 29.1 Å². The molecule has 0 aliphatic heterocycles. The molecule has 0 rings (SSSR count). The summed E-state index contributed by atoms with van der Waals surface area (Å²) in [5, 5.41) is 3.19. The van der Waals surface area contributed by atoms with Crippen LogP contribution in [0.5, 0.6) is 0 Å². The third-order valence-electron chi connectivity index (χ3n) is 1.40. The molecule has 0 saturated carbocycles. The van der Waals surface area contributed by atoms with Gasteiger partial charge in [0.25, 0.3) is 0 Å². The van der Waals surface area contributed by atoms with Crippen LogP contribution >= 0.6 is 0 Å². The molecular weight excluding hydrogens is 126 g/mol. The fourth-order valence-corrected chi connectivity index (χ4v) is 0.786. The van der Waals surface area contributed by atoms with Gasteiger partial charge in [-0.25, -0.2) is 0 Å². The van der Waals surface area contributed by atoms with Crippen LogP contribution in [-0.4, -0.2) is 19.4 Å². The lowest BCUT2D eigenvalue weighted by molar-refractivity contribution is -0.107. The molecule has 0 saturated heterocycles. The number of rotatable bonds is 7. The van der Waals surface area contributed by atoms with Crippen LogP contribution in [0.4, 0.5) is 0 Å². The van der Waals surface area contributed by atoms with Gasteiger partial charge in [-0.3, -0.25) is 0 Å². The maximum absolute atomic E-state index is 9.85. The Morgan fingerprint density at radius 3 is 2.70 bits per heavy atom. The largest absolute Gasteiger partial charge is 0.316 e. The maximum Gasteiger partial charge on any atom is 0.121 e. The van der Waals surface area contributed by atoms with E-state index < -0.39 is 0 Å². The van der Waals surface area contributed by atoms with Gasteiger partial charge < -0.3 is 10.1 Å². The highest BCUT2D eigenvalue weighted by Crippen LogP contribution is 1.90. The molecule has 0 atom stereocenters. The van der Waals surface area contributed by atoms with E-state index >= 15 is 0 Å². The molecule has 0 bridgehead atoms. The number of carbonyl (C=O) groups excluding carboxylic acids is 1. The van der Waals surface area contributed by atoms with Gasteiger partial charge in [0.1, 0.15) is 6.29 Å². The first-order valence-electron chi connectivity index (χ1n) is 4.06. The van der Waals surface area contributed by atoms with E-state index in [1.54, 1.807) is 0 Å². The molecule has 0 aliphatic rings. The summed E-state index contributed by atoms with van der Waals surface area (Å²) in [6.45, 7) is 4.08. The van der Waals surface area contributed by atoms with E-state index in [0.717, 1.165) is 19.4 Å². The Kier molecular flexibility index (Phi) is 8.31. The third kappa shape index (κ3) is 7.63. The smallest absolute Gasteiger partial charge is 0.121 e. The lowest BCUT2D eigenvalue weighted by Crippen LogP contribution is -2.16. The van der Waals surface area contributed by atoms with Gasteiger partial charge in [0.2, 0.25) is 0 Å². The van der Waals surface area contributed by atoms with Crippen molar-refractivity contribution in [3.05, 3.63) is 0 Å². The van der Waals surface area contributed by atoms with Crippen LogP contribution in [0, 0.1) is 0 Å². The van der Waals surface area contributed by atoms with E-state index in [1.165, 1.54) is 19.3 Å². The first kappa shape index (κ1) is 9.63. The van der Waals surface area contributed by atoms with Crippen LogP contribution in [0.1, 0.15) is 32.6 Å². The summed E-state index contributed by atoms with van der Waals surface area (Å²) in [6.07, 6.45) is 5.37. The lowest BCUT2D eigenvalue weighted by atomic mass is 10.2. The minimum atomic E-state index is 0.645. The molecule has 2 heteroatoms. The molecule has 10 heavy (non-hydrogen) atoms. The Bertz CT molecular complexity index is 73.7. The fourth-order valence-electron chi connectivity index (χ4n) is 0.786. The second-order valence-corrected chi connectivity index (χ2v) is 2.41. The van der Waals surface area contributed by atoms with Gasteiger partial charge in [0.05, 0.1) is 0 Å². The van der Waals surface area contributed by atoms with E-state index in [0.29, 0.717) is 6.42 Å². The average Bonchev–Trinajstić information content (AvgIpc) is 1.97. The highest BCUT2D eigenvalue weighted by atomic mass is 16.1. The number of carbonyl (C=O) groups is 1. The zero-order valence-electron chi connectivity index (χ0n) is 6.73. The van der Waals surface area contributed by atoms with Crippen LogP contribution in [0.2, 0.25) is 0 Å². The second-order valence-electron chi connectivity index (χ2n) is 2.41. The first-order valence-corrected chi connectivity index (χ1v) is 4.06. The Hall–Kier alpha value is -0.370. The van der Waals surface area contributed by atoms with Crippen LogP contribution in [0.25, 0.3) is 0 Å². The van der Waals surface area contributed by atoms with Crippen molar-refractivity contribution in [2.45, 2.75) is 32.6 Å². The number of aldehydes is 1. The number of unbranched alkanes of at least 4 members (excludes halogenated alkanes) is 2. The molecule has 1 N–H and O–H groups in total. The fraction of sp³-hybridized carbons (Fsp3) is 0.875. The number of hydrogen-bond acceptors (Lipinski definition) is 2. The molecule has 0 heterocycles. The van der Waals surface area contributed by atoms with Gasteiger partial charge >= 0.3 is 0 Å².